The molecule has 0 radical (unpaired) electrons. The van der Waals surface area contributed by atoms with Gasteiger partial charge in [-0.25, -0.2) is 4.98 Å². The van der Waals surface area contributed by atoms with Crippen LogP contribution in [0.4, 0.5) is 5.82 Å². The van der Waals surface area contributed by atoms with Crippen LogP contribution in [0.5, 0.6) is 5.88 Å². The van der Waals surface area contributed by atoms with Gasteiger partial charge in [0.25, 0.3) is 0 Å². The molecular weight excluding hydrogens is 306 g/mol. The van der Waals surface area contributed by atoms with Gasteiger partial charge in [-0.15, -0.1) is 0 Å². The topological polar surface area (TPSA) is 99.0 Å². The molecule has 3 heterocycles. The number of aromatic nitrogens is 3. The number of ether oxygens (including phenoxy) is 2. The Morgan fingerprint density at radius 3 is 3.12 bits per heavy atom. The van der Waals surface area contributed by atoms with Gasteiger partial charge in [-0.2, -0.15) is 10.4 Å². The zero-order valence-corrected chi connectivity index (χ0v) is 14.0. The van der Waals surface area contributed by atoms with Gasteiger partial charge >= 0.3 is 0 Å². The summed E-state index contributed by atoms with van der Waals surface area (Å²) < 4.78 is 13.3. The summed E-state index contributed by atoms with van der Waals surface area (Å²) in [5.41, 5.74) is 6.53. The van der Waals surface area contributed by atoms with E-state index in [1.54, 1.807) is 6.20 Å². The SMILES string of the molecule is CCCCOc1nccc2c1c(N)nn2C1(CC#N)CCCOC1. The highest BCUT2D eigenvalue weighted by Crippen LogP contribution is 2.37. The lowest BCUT2D eigenvalue weighted by molar-refractivity contribution is -0.00174. The molecule has 1 unspecified atom stereocenters. The Morgan fingerprint density at radius 1 is 1.54 bits per heavy atom. The lowest BCUT2D eigenvalue weighted by Crippen LogP contribution is -2.42. The van der Waals surface area contributed by atoms with Crippen LogP contribution in [-0.4, -0.2) is 34.6 Å². The molecule has 3 rings (SSSR count). The van der Waals surface area contributed by atoms with Crippen LogP contribution in [0.2, 0.25) is 0 Å². The summed E-state index contributed by atoms with van der Waals surface area (Å²) >= 11 is 0. The minimum atomic E-state index is -0.481. The van der Waals surface area contributed by atoms with Crippen LogP contribution in [0.3, 0.4) is 0 Å². The average molecular weight is 329 g/mol. The Morgan fingerprint density at radius 2 is 2.42 bits per heavy atom. The number of nitrogens with zero attached hydrogens (tertiary/aromatic N) is 4. The molecule has 7 heteroatoms. The van der Waals surface area contributed by atoms with Crippen LogP contribution in [0.15, 0.2) is 12.3 Å². The standard InChI is InChI=1S/C17H23N5O2/c1-2-3-11-24-16-14-13(5-9-20-16)22(21-15(14)19)17(7-8-18)6-4-10-23-12-17/h5,9H,2-4,6-7,10-12H2,1H3,(H2,19,21). The Balaban J connectivity index is 2.06. The summed E-state index contributed by atoms with van der Waals surface area (Å²) in [6.45, 7) is 3.89. The summed E-state index contributed by atoms with van der Waals surface area (Å²) in [6.07, 6.45) is 5.77. The molecule has 1 atom stereocenters. The van der Waals surface area contributed by atoms with Crippen molar-refractivity contribution in [3.63, 3.8) is 0 Å². The van der Waals surface area contributed by atoms with Gasteiger partial charge < -0.3 is 15.2 Å². The van der Waals surface area contributed by atoms with Crippen LogP contribution in [0, 0.1) is 11.3 Å². The summed E-state index contributed by atoms with van der Waals surface area (Å²) in [7, 11) is 0. The van der Waals surface area contributed by atoms with E-state index < -0.39 is 5.54 Å². The van der Waals surface area contributed by atoms with Gasteiger partial charge in [-0.1, -0.05) is 13.3 Å². The van der Waals surface area contributed by atoms with Crippen molar-refractivity contribution in [2.45, 2.75) is 44.6 Å². The molecule has 2 N–H and O–H groups in total. The van der Waals surface area contributed by atoms with Gasteiger partial charge in [0.05, 0.1) is 36.8 Å². The number of unbranched alkanes of at least 4 members (excludes halogenated alkanes) is 1. The van der Waals surface area contributed by atoms with Crippen LogP contribution >= 0.6 is 0 Å². The van der Waals surface area contributed by atoms with E-state index in [4.69, 9.17) is 15.2 Å². The number of rotatable bonds is 6. The molecule has 128 valence electrons. The Bertz CT molecular complexity index is 743. The van der Waals surface area contributed by atoms with Crippen molar-refractivity contribution in [3.8, 4) is 11.9 Å². The molecule has 1 aliphatic rings. The van der Waals surface area contributed by atoms with Gasteiger partial charge in [0.1, 0.15) is 5.39 Å². The van der Waals surface area contributed by atoms with Crippen molar-refractivity contribution in [2.24, 2.45) is 0 Å². The highest BCUT2D eigenvalue weighted by molar-refractivity contribution is 5.93. The van der Waals surface area contributed by atoms with E-state index >= 15 is 0 Å². The summed E-state index contributed by atoms with van der Waals surface area (Å²) in [6, 6.07) is 4.15. The smallest absolute Gasteiger partial charge is 0.226 e. The number of anilines is 1. The summed E-state index contributed by atoms with van der Waals surface area (Å²) in [5, 5.41) is 14.6. The number of fused-ring (bicyclic) bond motifs is 1. The lowest BCUT2D eigenvalue weighted by Gasteiger charge is -2.35. The van der Waals surface area contributed by atoms with E-state index in [9.17, 15) is 5.26 Å². The molecule has 2 aromatic rings. The second kappa shape index (κ2) is 7.05. The van der Waals surface area contributed by atoms with E-state index in [1.807, 2.05) is 10.7 Å². The fraction of sp³-hybridized carbons (Fsp3) is 0.588. The minimum absolute atomic E-state index is 0.331. The van der Waals surface area contributed by atoms with Crippen molar-refractivity contribution in [1.29, 1.82) is 5.26 Å². The number of hydrogen-bond acceptors (Lipinski definition) is 6. The van der Waals surface area contributed by atoms with E-state index in [2.05, 4.69) is 23.1 Å². The molecule has 0 aliphatic carbocycles. The number of hydrogen-bond donors (Lipinski definition) is 1. The van der Waals surface area contributed by atoms with Gasteiger partial charge in [-0.3, -0.25) is 4.68 Å². The fourth-order valence-corrected chi connectivity index (χ4v) is 3.21. The largest absolute Gasteiger partial charge is 0.477 e. The number of nitrogen functional groups attached to an aromatic ring is 1. The minimum Gasteiger partial charge on any atom is -0.477 e. The second-order valence-corrected chi connectivity index (χ2v) is 6.22. The first-order chi connectivity index (χ1) is 11.7. The maximum absolute atomic E-state index is 9.31. The third-order valence-electron chi connectivity index (χ3n) is 4.48. The van der Waals surface area contributed by atoms with Gasteiger partial charge in [0.2, 0.25) is 5.88 Å². The van der Waals surface area contributed by atoms with Crippen LogP contribution < -0.4 is 10.5 Å². The highest BCUT2D eigenvalue weighted by Gasteiger charge is 2.37. The molecule has 0 bridgehead atoms. The first-order valence-electron chi connectivity index (χ1n) is 8.43. The Labute approximate surface area is 141 Å². The molecule has 0 amide bonds. The molecule has 0 spiro atoms. The quantitative estimate of drug-likeness (QED) is 0.818. The van der Waals surface area contributed by atoms with Gasteiger partial charge in [-0.05, 0) is 25.3 Å². The summed E-state index contributed by atoms with van der Waals surface area (Å²) in [4.78, 5) is 4.31. The van der Waals surface area contributed by atoms with E-state index in [0.717, 1.165) is 43.2 Å². The number of nitriles is 1. The Kier molecular flexibility index (Phi) is 4.86. The fourth-order valence-electron chi connectivity index (χ4n) is 3.21. The lowest BCUT2D eigenvalue weighted by atomic mass is 9.89. The van der Waals surface area contributed by atoms with E-state index in [0.29, 0.717) is 31.3 Å². The molecule has 1 aliphatic heterocycles. The first kappa shape index (κ1) is 16.5. The number of pyridine rings is 1. The van der Waals surface area contributed by atoms with Crippen LogP contribution in [-0.2, 0) is 10.3 Å². The third-order valence-corrected chi connectivity index (χ3v) is 4.48. The molecule has 24 heavy (non-hydrogen) atoms. The highest BCUT2D eigenvalue weighted by atomic mass is 16.5. The molecule has 0 aromatic carbocycles. The van der Waals surface area contributed by atoms with Crippen molar-refractivity contribution in [2.75, 3.05) is 25.6 Å². The predicted molar refractivity (Wildman–Crippen MR) is 90.6 cm³/mol. The summed E-state index contributed by atoms with van der Waals surface area (Å²) in [5.74, 6) is 0.890. The van der Waals surface area contributed by atoms with Crippen molar-refractivity contribution >= 4 is 16.7 Å². The predicted octanol–water partition coefficient (Wildman–Crippen LogP) is 2.61. The maximum atomic E-state index is 9.31. The normalized spacial score (nSPS) is 20.8. The van der Waals surface area contributed by atoms with E-state index in [-0.39, 0.29) is 0 Å². The molecule has 7 nitrogen and oxygen atoms in total. The van der Waals surface area contributed by atoms with Crippen molar-refractivity contribution in [1.82, 2.24) is 14.8 Å². The van der Waals surface area contributed by atoms with Gasteiger partial charge in [0, 0.05) is 12.8 Å². The maximum Gasteiger partial charge on any atom is 0.226 e. The van der Waals surface area contributed by atoms with E-state index in [1.165, 1.54) is 0 Å². The van der Waals surface area contributed by atoms with Crippen molar-refractivity contribution < 1.29 is 9.47 Å². The van der Waals surface area contributed by atoms with Crippen LogP contribution in [0.25, 0.3) is 10.9 Å². The Hall–Kier alpha value is -2.33. The monoisotopic (exact) mass is 329 g/mol. The molecular formula is C17H23N5O2. The molecule has 0 saturated carbocycles. The van der Waals surface area contributed by atoms with Gasteiger partial charge in [0.15, 0.2) is 5.82 Å². The zero-order chi connectivity index (χ0) is 17.0. The molecule has 2 aromatic heterocycles. The number of nitrogens with two attached hydrogens (primary N) is 1. The average Bonchev–Trinajstić information content (AvgIpc) is 2.95. The molecule has 1 saturated heterocycles. The van der Waals surface area contributed by atoms with Crippen LogP contribution in [0.1, 0.15) is 39.0 Å². The molecule has 1 fully saturated rings. The zero-order valence-electron chi connectivity index (χ0n) is 14.0. The third kappa shape index (κ3) is 2.89. The second-order valence-electron chi connectivity index (χ2n) is 6.22. The van der Waals surface area contributed by atoms with Crippen molar-refractivity contribution in [3.05, 3.63) is 12.3 Å². The first-order valence-corrected chi connectivity index (χ1v) is 8.43.